The topological polar surface area (TPSA) is 77.5 Å². The molecule has 0 aliphatic carbocycles. The van der Waals surface area contributed by atoms with Crippen LogP contribution in [0, 0.1) is 10.1 Å². The molecule has 2 aromatic rings. The van der Waals surface area contributed by atoms with Gasteiger partial charge in [0.15, 0.2) is 0 Å². The van der Waals surface area contributed by atoms with Crippen LogP contribution in [0.1, 0.15) is 30.7 Å². The van der Waals surface area contributed by atoms with E-state index in [2.05, 4.69) is 12.2 Å². The first kappa shape index (κ1) is 15.1. The van der Waals surface area contributed by atoms with E-state index in [0.717, 1.165) is 17.7 Å². The number of hydrogen-bond donors (Lipinski definition) is 1. The Kier molecular flexibility index (Phi) is 4.94. The molecule has 0 aliphatic heterocycles. The van der Waals surface area contributed by atoms with Gasteiger partial charge in [0.2, 0.25) is 0 Å². The number of furan rings is 1. The summed E-state index contributed by atoms with van der Waals surface area (Å²) in [5.41, 5.74) is 1.06. The van der Waals surface area contributed by atoms with Gasteiger partial charge in [0, 0.05) is 11.6 Å². The highest BCUT2D eigenvalue weighted by atomic mass is 16.6. The van der Waals surface area contributed by atoms with E-state index in [9.17, 15) is 10.1 Å². The maximum atomic E-state index is 10.6. The second-order valence-electron chi connectivity index (χ2n) is 4.58. The first-order valence-electron chi connectivity index (χ1n) is 6.75. The van der Waals surface area contributed by atoms with Crippen molar-refractivity contribution in [3.05, 3.63) is 57.8 Å². The van der Waals surface area contributed by atoms with E-state index in [1.165, 1.54) is 6.07 Å². The van der Waals surface area contributed by atoms with Gasteiger partial charge in [-0.3, -0.25) is 10.1 Å². The summed E-state index contributed by atoms with van der Waals surface area (Å²) in [7, 11) is 1.64. The van der Waals surface area contributed by atoms with Crippen molar-refractivity contribution in [1.82, 2.24) is 5.32 Å². The third kappa shape index (κ3) is 3.61. The van der Waals surface area contributed by atoms with E-state index >= 15 is 0 Å². The number of hydrogen-bond acceptors (Lipinski definition) is 5. The van der Waals surface area contributed by atoms with Crippen LogP contribution in [-0.2, 0) is 6.54 Å². The first-order valence-corrected chi connectivity index (χ1v) is 6.75. The molecule has 1 unspecified atom stereocenters. The Hall–Kier alpha value is -2.34. The van der Waals surface area contributed by atoms with Crippen LogP contribution in [-0.4, -0.2) is 12.0 Å². The Morgan fingerprint density at radius 2 is 2.10 bits per heavy atom. The number of nitrogens with zero attached hydrogens (tertiary/aromatic N) is 1. The number of benzene rings is 1. The predicted molar refractivity (Wildman–Crippen MR) is 78.2 cm³/mol. The lowest BCUT2D eigenvalue weighted by atomic mass is 10.0. The summed E-state index contributed by atoms with van der Waals surface area (Å²) in [6.45, 7) is 2.49. The fraction of sp³-hybridized carbons (Fsp3) is 0.333. The second-order valence-corrected chi connectivity index (χ2v) is 4.58. The summed E-state index contributed by atoms with van der Waals surface area (Å²) in [6, 6.07) is 10.9. The van der Waals surface area contributed by atoms with Crippen LogP contribution in [0.25, 0.3) is 0 Å². The summed E-state index contributed by atoms with van der Waals surface area (Å²) < 4.78 is 10.5. The van der Waals surface area contributed by atoms with Gasteiger partial charge in [0.25, 0.3) is 0 Å². The zero-order chi connectivity index (χ0) is 15.2. The Morgan fingerprint density at radius 3 is 2.71 bits per heavy atom. The van der Waals surface area contributed by atoms with Gasteiger partial charge in [-0.05, 0) is 18.6 Å². The molecular weight excluding hydrogens is 272 g/mol. The maximum Gasteiger partial charge on any atom is 0.433 e. The summed E-state index contributed by atoms with van der Waals surface area (Å²) in [4.78, 5) is 10.0. The van der Waals surface area contributed by atoms with Crippen LogP contribution in [0.3, 0.4) is 0 Å². The molecule has 0 aliphatic rings. The SMILES string of the molecule is CCC(NCc1ccc([N+](=O)[O-])o1)c1ccccc1OC. The number of nitrogens with one attached hydrogen (secondary N) is 1. The monoisotopic (exact) mass is 290 g/mol. The van der Waals surface area contributed by atoms with Crippen molar-refractivity contribution >= 4 is 5.88 Å². The van der Waals surface area contributed by atoms with Gasteiger partial charge in [0.05, 0.1) is 19.7 Å². The second kappa shape index (κ2) is 6.90. The van der Waals surface area contributed by atoms with Crippen molar-refractivity contribution in [3.8, 4) is 5.75 Å². The standard InChI is InChI=1S/C15H18N2O4/c1-3-13(12-6-4-5-7-14(12)20-2)16-10-11-8-9-15(21-11)17(18)19/h4-9,13,16H,3,10H2,1-2H3. The lowest BCUT2D eigenvalue weighted by Gasteiger charge is -2.19. The van der Waals surface area contributed by atoms with Gasteiger partial charge in [-0.1, -0.05) is 25.1 Å². The average molecular weight is 290 g/mol. The number of nitro groups is 1. The largest absolute Gasteiger partial charge is 0.496 e. The molecule has 6 nitrogen and oxygen atoms in total. The molecule has 2 rings (SSSR count). The van der Waals surface area contributed by atoms with Gasteiger partial charge < -0.3 is 14.5 Å². The molecule has 112 valence electrons. The van der Waals surface area contributed by atoms with Crippen molar-refractivity contribution in [2.75, 3.05) is 7.11 Å². The van der Waals surface area contributed by atoms with Crippen LogP contribution in [0.5, 0.6) is 5.75 Å². The van der Waals surface area contributed by atoms with Gasteiger partial charge in [-0.2, -0.15) is 0 Å². The van der Waals surface area contributed by atoms with Gasteiger partial charge in [-0.15, -0.1) is 0 Å². The Labute approximate surface area is 122 Å². The molecule has 0 saturated carbocycles. The van der Waals surface area contributed by atoms with Crippen molar-refractivity contribution in [3.63, 3.8) is 0 Å². The highest BCUT2D eigenvalue weighted by molar-refractivity contribution is 5.35. The molecule has 0 spiro atoms. The van der Waals surface area contributed by atoms with Crippen molar-refractivity contribution in [2.45, 2.75) is 25.9 Å². The molecule has 1 atom stereocenters. The number of para-hydroxylation sites is 1. The van der Waals surface area contributed by atoms with E-state index in [-0.39, 0.29) is 11.9 Å². The van der Waals surface area contributed by atoms with E-state index in [1.807, 2.05) is 24.3 Å². The van der Waals surface area contributed by atoms with Crippen LogP contribution in [0.15, 0.2) is 40.8 Å². The smallest absolute Gasteiger partial charge is 0.433 e. The summed E-state index contributed by atoms with van der Waals surface area (Å²) in [6.07, 6.45) is 0.864. The zero-order valence-corrected chi connectivity index (χ0v) is 12.0. The Bertz CT molecular complexity index is 609. The minimum absolute atomic E-state index is 0.0882. The third-order valence-corrected chi connectivity index (χ3v) is 3.27. The highest BCUT2D eigenvalue weighted by Crippen LogP contribution is 2.27. The van der Waals surface area contributed by atoms with Gasteiger partial charge in [0.1, 0.15) is 16.4 Å². The van der Waals surface area contributed by atoms with Gasteiger partial charge in [-0.25, -0.2) is 0 Å². The lowest BCUT2D eigenvalue weighted by molar-refractivity contribution is -0.402. The van der Waals surface area contributed by atoms with E-state index in [4.69, 9.17) is 9.15 Å². The van der Waals surface area contributed by atoms with E-state index in [1.54, 1.807) is 13.2 Å². The lowest BCUT2D eigenvalue weighted by Crippen LogP contribution is -2.20. The van der Waals surface area contributed by atoms with Crippen molar-refractivity contribution in [1.29, 1.82) is 0 Å². The molecular formula is C15H18N2O4. The summed E-state index contributed by atoms with van der Waals surface area (Å²) in [5, 5.41) is 13.9. The third-order valence-electron chi connectivity index (χ3n) is 3.27. The van der Waals surface area contributed by atoms with E-state index < -0.39 is 4.92 Å². The molecule has 1 N–H and O–H groups in total. The van der Waals surface area contributed by atoms with Crippen LogP contribution < -0.4 is 10.1 Å². The quantitative estimate of drug-likeness (QED) is 0.624. The fourth-order valence-corrected chi connectivity index (χ4v) is 2.21. The van der Waals surface area contributed by atoms with Crippen LogP contribution in [0.2, 0.25) is 0 Å². The summed E-state index contributed by atoms with van der Waals surface area (Å²) >= 11 is 0. The van der Waals surface area contributed by atoms with Gasteiger partial charge >= 0.3 is 5.88 Å². The normalized spacial score (nSPS) is 12.1. The van der Waals surface area contributed by atoms with E-state index in [0.29, 0.717) is 12.3 Å². The molecule has 0 amide bonds. The highest BCUT2D eigenvalue weighted by Gasteiger charge is 2.16. The number of ether oxygens (including phenoxy) is 1. The minimum Gasteiger partial charge on any atom is -0.496 e. The molecule has 1 aromatic carbocycles. The molecule has 1 heterocycles. The summed E-state index contributed by atoms with van der Waals surface area (Å²) in [5.74, 6) is 1.12. The number of methoxy groups -OCH3 is 1. The Morgan fingerprint density at radius 1 is 1.33 bits per heavy atom. The minimum atomic E-state index is -0.541. The molecule has 0 bridgehead atoms. The Balaban J connectivity index is 2.06. The van der Waals surface area contributed by atoms with Crippen LogP contribution in [0.4, 0.5) is 5.88 Å². The molecule has 21 heavy (non-hydrogen) atoms. The molecule has 0 saturated heterocycles. The van der Waals surface area contributed by atoms with Crippen molar-refractivity contribution < 1.29 is 14.1 Å². The first-order chi connectivity index (χ1) is 10.2. The number of rotatable bonds is 7. The molecule has 0 fully saturated rings. The van der Waals surface area contributed by atoms with Crippen molar-refractivity contribution in [2.24, 2.45) is 0 Å². The zero-order valence-electron chi connectivity index (χ0n) is 12.0. The predicted octanol–water partition coefficient (Wildman–Crippen LogP) is 3.44. The molecule has 1 aromatic heterocycles. The average Bonchev–Trinajstić information content (AvgIpc) is 2.97. The fourth-order valence-electron chi connectivity index (χ4n) is 2.21. The van der Waals surface area contributed by atoms with Crippen LogP contribution >= 0.6 is 0 Å². The molecule has 0 radical (unpaired) electrons. The molecule has 6 heteroatoms. The maximum absolute atomic E-state index is 10.6.